The average Bonchev–Trinajstić information content (AvgIpc) is 2.16. The van der Waals surface area contributed by atoms with Crippen molar-refractivity contribution >= 4 is 12.4 Å². The third-order valence-electron chi connectivity index (χ3n) is 2.64. The van der Waals surface area contributed by atoms with Crippen LogP contribution in [0.5, 0.6) is 0 Å². The first-order valence-electron chi connectivity index (χ1n) is 4.93. The fourth-order valence-electron chi connectivity index (χ4n) is 1.86. The number of benzene rings is 1. The van der Waals surface area contributed by atoms with Crippen LogP contribution in [0.4, 0.5) is 13.2 Å². The summed E-state index contributed by atoms with van der Waals surface area (Å²) < 4.78 is 39.1. The molecule has 1 unspecified atom stereocenters. The molecule has 16 heavy (non-hydrogen) atoms. The molecule has 0 spiro atoms. The third-order valence-corrected chi connectivity index (χ3v) is 2.64. The van der Waals surface area contributed by atoms with E-state index < -0.39 is 12.0 Å². The van der Waals surface area contributed by atoms with E-state index in [1.54, 1.807) is 12.1 Å². The topological polar surface area (TPSA) is 12.0 Å². The van der Waals surface area contributed by atoms with E-state index in [0.29, 0.717) is 5.56 Å². The highest BCUT2D eigenvalue weighted by Crippen LogP contribution is 2.34. The van der Waals surface area contributed by atoms with Crippen LogP contribution in [0.3, 0.4) is 0 Å². The van der Waals surface area contributed by atoms with Crippen molar-refractivity contribution in [3.05, 3.63) is 35.6 Å². The number of piperidine rings is 1. The van der Waals surface area contributed by atoms with Gasteiger partial charge in [-0.1, -0.05) is 12.1 Å². The van der Waals surface area contributed by atoms with E-state index in [1.165, 1.54) is 12.1 Å². The minimum Gasteiger partial charge on any atom is -0.309 e. The lowest BCUT2D eigenvalue weighted by Crippen LogP contribution is -2.38. The first-order valence-corrected chi connectivity index (χ1v) is 4.93. The summed E-state index contributed by atoms with van der Waals surface area (Å²) in [4.78, 5) is 0. The molecule has 0 aliphatic carbocycles. The van der Waals surface area contributed by atoms with Crippen molar-refractivity contribution in [2.75, 3.05) is 6.54 Å². The summed E-state index contributed by atoms with van der Waals surface area (Å²) in [5, 5.41) is 2.97. The summed E-state index contributed by atoms with van der Waals surface area (Å²) >= 11 is 0. The molecule has 1 nitrogen and oxygen atoms in total. The molecule has 0 amide bonds. The van der Waals surface area contributed by atoms with Gasteiger partial charge in [-0.05, 0) is 17.7 Å². The molecule has 1 heterocycles. The smallest absolute Gasteiger partial charge is 0.251 e. The normalized spacial score (nSPS) is 23.6. The summed E-state index contributed by atoms with van der Waals surface area (Å²) in [7, 11) is 0. The van der Waals surface area contributed by atoms with Gasteiger partial charge in [-0.15, -0.1) is 12.4 Å². The molecule has 1 saturated heterocycles. The predicted molar refractivity (Wildman–Crippen MR) is 58.6 cm³/mol. The number of rotatable bonds is 1. The fourth-order valence-corrected chi connectivity index (χ4v) is 1.86. The average molecular weight is 252 g/mol. The second-order valence-corrected chi connectivity index (χ2v) is 3.87. The summed E-state index contributed by atoms with van der Waals surface area (Å²) in [6.45, 7) is 0.272. The number of halogens is 4. The molecule has 1 N–H and O–H groups in total. The second-order valence-electron chi connectivity index (χ2n) is 3.87. The third kappa shape index (κ3) is 3.12. The highest BCUT2D eigenvalue weighted by molar-refractivity contribution is 5.85. The van der Waals surface area contributed by atoms with Crippen LogP contribution >= 0.6 is 12.4 Å². The van der Waals surface area contributed by atoms with Crippen molar-refractivity contribution in [2.45, 2.75) is 24.8 Å². The summed E-state index contributed by atoms with van der Waals surface area (Å²) in [6.07, 6.45) is -0.394. The van der Waals surface area contributed by atoms with Crippen LogP contribution in [0.15, 0.2) is 24.3 Å². The Morgan fingerprint density at radius 2 is 2.06 bits per heavy atom. The Morgan fingerprint density at radius 3 is 2.69 bits per heavy atom. The van der Waals surface area contributed by atoms with Crippen LogP contribution < -0.4 is 5.32 Å². The second kappa shape index (κ2) is 5.06. The van der Waals surface area contributed by atoms with E-state index in [4.69, 9.17) is 0 Å². The van der Waals surface area contributed by atoms with E-state index in [-0.39, 0.29) is 37.6 Å². The summed E-state index contributed by atoms with van der Waals surface area (Å²) in [6, 6.07) is 5.38. The molecule has 1 aromatic rings. The van der Waals surface area contributed by atoms with Crippen molar-refractivity contribution in [3.8, 4) is 0 Å². The van der Waals surface area contributed by atoms with Gasteiger partial charge in [0.15, 0.2) is 0 Å². The zero-order valence-electron chi connectivity index (χ0n) is 8.55. The van der Waals surface area contributed by atoms with E-state index in [0.717, 1.165) is 0 Å². The van der Waals surface area contributed by atoms with Crippen LogP contribution in [-0.4, -0.2) is 12.5 Å². The lowest BCUT2D eigenvalue weighted by Gasteiger charge is -2.30. The van der Waals surface area contributed by atoms with Gasteiger partial charge in [0.05, 0.1) is 0 Å². The van der Waals surface area contributed by atoms with Crippen LogP contribution in [0, 0.1) is 5.82 Å². The minimum atomic E-state index is -2.64. The molecule has 0 radical (unpaired) electrons. The van der Waals surface area contributed by atoms with E-state index in [2.05, 4.69) is 5.32 Å². The molecular formula is C11H13ClF3N. The van der Waals surface area contributed by atoms with Gasteiger partial charge in [-0.3, -0.25) is 0 Å². The van der Waals surface area contributed by atoms with Crippen LogP contribution in [0.2, 0.25) is 0 Å². The first-order chi connectivity index (χ1) is 7.07. The Bertz CT molecular complexity index is 357. The SMILES string of the molecule is Cl.Fc1cccc(C2CC(F)(F)CCN2)c1. The number of nitrogens with one attached hydrogen (secondary N) is 1. The number of alkyl halides is 2. The summed E-state index contributed by atoms with van der Waals surface area (Å²) in [5.41, 5.74) is 0.592. The molecule has 90 valence electrons. The van der Waals surface area contributed by atoms with Crippen LogP contribution in [-0.2, 0) is 0 Å². The maximum atomic E-state index is 13.1. The first kappa shape index (κ1) is 13.3. The fraction of sp³-hybridized carbons (Fsp3) is 0.455. The molecule has 5 heteroatoms. The monoisotopic (exact) mass is 251 g/mol. The highest BCUT2D eigenvalue weighted by atomic mass is 35.5. The lowest BCUT2D eigenvalue weighted by molar-refractivity contribution is -0.0415. The van der Waals surface area contributed by atoms with Crippen LogP contribution in [0.1, 0.15) is 24.4 Å². The van der Waals surface area contributed by atoms with Crippen molar-refractivity contribution in [2.24, 2.45) is 0 Å². The molecule has 1 aliphatic heterocycles. The van der Waals surface area contributed by atoms with Gasteiger partial charge in [-0.25, -0.2) is 13.2 Å². The number of hydrogen-bond donors (Lipinski definition) is 1. The Balaban J connectivity index is 0.00000128. The molecule has 1 fully saturated rings. The Hall–Kier alpha value is -0.740. The van der Waals surface area contributed by atoms with Gasteiger partial charge in [0.1, 0.15) is 5.82 Å². The molecule has 0 aromatic heterocycles. The molecule has 1 aromatic carbocycles. The Kier molecular flexibility index (Phi) is 4.21. The Morgan fingerprint density at radius 1 is 1.31 bits per heavy atom. The highest BCUT2D eigenvalue weighted by Gasteiger charge is 2.36. The minimum absolute atomic E-state index is 0. The molecule has 0 bridgehead atoms. The standard InChI is InChI=1S/C11H12F3N.ClH/c12-9-3-1-2-8(6-9)10-7-11(13,14)4-5-15-10;/h1-3,6,10,15H,4-5,7H2;1H. The maximum Gasteiger partial charge on any atom is 0.251 e. The van der Waals surface area contributed by atoms with Gasteiger partial charge >= 0.3 is 0 Å². The predicted octanol–water partition coefficient (Wildman–Crippen LogP) is 3.31. The van der Waals surface area contributed by atoms with E-state index in [9.17, 15) is 13.2 Å². The molecule has 0 saturated carbocycles. The Labute approximate surface area is 98.4 Å². The summed E-state index contributed by atoms with van der Waals surface area (Å²) in [5.74, 6) is -3.02. The van der Waals surface area contributed by atoms with Gasteiger partial charge in [0, 0.05) is 25.4 Å². The number of hydrogen-bond acceptors (Lipinski definition) is 1. The molecule has 1 atom stereocenters. The molecule has 1 aliphatic rings. The maximum absolute atomic E-state index is 13.1. The van der Waals surface area contributed by atoms with E-state index in [1.807, 2.05) is 0 Å². The zero-order valence-corrected chi connectivity index (χ0v) is 9.37. The van der Waals surface area contributed by atoms with Gasteiger partial charge in [0.25, 0.3) is 5.92 Å². The van der Waals surface area contributed by atoms with Crippen LogP contribution in [0.25, 0.3) is 0 Å². The van der Waals surface area contributed by atoms with Gasteiger partial charge in [0.2, 0.25) is 0 Å². The van der Waals surface area contributed by atoms with Crippen molar-refractivity contribution < 1.29 is 13.2 Å². The molecular weight excluding hydrogens is 239 g/mol. The van der Waals surface area contributed by atoms with Gasteiger partial charge in [-0.2, -0.15) is 0 Å². The van der Waals surface area contributed by atoms with Crippen molar-refractivity contribution in [1.82, 2.24) is 5.32 Å². The lowest BCUT2D eigenvalue weighted by atomic mass is 9.95. The zero-order chi connectivity index (χ0) is 10.9. The van der Waals surface area contributed by atoms with Crippen molar-refractivity contribution in [3.63, 3.8) is 0 Å². The largest absolute Gasteiger partial charge is 0.309 e. The van der Waals surface area contributed by atoms with Crippen molar-refractivity contribution in [1.29, 1.82) is 0 Å². The molecule has 2 rings (SSSR count). The van der Waals surface area contributed by atoms with Gasteiger partial charge < -0.3 is 5.32 Å². The van der Waals surface area contributed by atoms with E-state index >= 15 is 0 Å². The quantitative estimate of drug-likeness (QED) is 0.808.